The van der Waals surface area contributed by atoms with Gasteiger partial charge in [0.15, 0.2) is 0 Å². The van der Waals surface area contributed by atoms with Crippen molar-refractivity contribution in [2.45, 2.75) is 13.0 Å². The summed E-state index contributed by atoms with van der Waals surface area (Å²) in [6, 6.07) is 18.0. The summed E-state index contributed by atoms with van der Waals surface area (Å²) in [5, 5.41) is 5.06. The van der Waals surface area contributed by atoms with E-state index in [9.17, 15) is 14.0 Å². The minimum Gasteiger partial charge on any atom is -0.489 e. The standard InChI is InChI=1S/C25H20Cl2FN3O3/c26-22-5-2-6-23(27)21(22)15-34-20-4-1-3-16(11-20)13-29-30-25(33)17-12-24(32)31(14-17)19-9-7-18(28)8-10-19/h1-11,13,17H,12,14-15H2,(H,30,33)/b29-13-/t17-/m1/s1. The molecule has 3 aromatic rings. The summed E-state index contributed by atoms with van der Waals surface area (Å²) in [6.45, 7) is 0.413. The van der Waals surface area contributed by atoms with Crippen LogP contribution in [0.2, 0.25) is 10.0 Å². The highest BCUT2D eigenvalue weighted by Gasteiger charge is 2.35. The Morgan fingerprint density at radius 1 is 1.12 bits per heavy atom. The van der Waals surface area contributed by atoms with Crippen molar-refractivity contribution >= 4 is 46.9 Å². The van der Waals surface area contributed by atoms with Crippen molar-refractivity contribution in [2.75, 3.05) is 11.4 Å². The van der Waals surface area contributed by atoms with E-state index in [2.05, 4.69) is 10.5 Å². The molecule has 0 saturated carbocycles. The number of rotatable bonds is 7. The third-order valence-electron chi connectivity index (χ3n) is 5.33. The van der Waals surface area contributed by atoms with Gasteiger partial charge in [-0.05, 0) is 54.1 Å². The van der Waals surface area contributed by atoms with Gasteiger partial charge in [0.2, 0.25) is 11.8 Å². The lowest BCUT2D eigenvalue weighted by Crippen LogP contribution is -2.30. The third-order valence-corrected chi connectivity index (χ3v) is 6.03. The molecule has 0 radical (unpaired) electrons. The molecule has 1 fully saturated rings. The average molecular weight is 500 g/mol. The maximum absolute atomic E-state index is 13.1. The Hall–Kier alpha value is -3.42. The molecule has 1 aliphatic heterocycles. The zero-order valence-electron chi connectivity index (χ0n) is 17.9. The molecule has 0 spiro atoms. The van der Waals surface area contributed by atoms with Crippen LogP contribution in [0.25, 0.3) is 0 Å². The first-order valence-corrected chi connectivity index (χ1v) is 11.2. The van der Waals surface area contributed by atoms with E-state index in [4.69, 9.17) is 27.9 Å². The molecule has 1 aliphatic rings. The molecule has 3 aromatic carbocycles. The number of nitrogens with one attached hydrogen (secondary N) is 1. The van der Waals surface area contributed by atoms with Crippen molar-refractivity contribution in [3.8, 4) is 5.75 Å². The van der Waals surface area contributed by atoms with Gasteiger partial charge in [-0.3, -0.25) is 9.59 Å². The molecule has 174 valence electrons. The van der Waals surface area contributed by atoms with Crippen molar-refractivity contribution in [1.82, 2.24) is 5.43 Å². The zero-order valence-corrected chi connectivity index (χ0v) is 19.4. The molecule has 2 amide bonds. The predicted molar refractivity (Wildman–Crippen MR) is 130 cm³/mol. The molecule has 0 bridgehead atoms. The van der Waals surface area contributed by atoms with Gasteiger partial charge < -0.3 is 9.64 Å². The molecule has 1 atom stereocenters. The number of carbonyl (C=O) groups is 2. The summed E-state index contributed by atoms with van der Waals surface area (Å²) in [7, 11) is 0. The summed E-state index contributed by atoms with van der Waals surface area (Å²) in [4.78, 5) is 26.3. The molecule has 6 nitrogen and oxygen atoms in total. The summed E-state index contributed by atoms with van der Waals surface area (Å²) < 4.78 is 18.9. The Kier molecular flexibility index (Phi) is 7.45. The lowest BCUT2D eigenvalue weighted by molar-refractivity contribution is -0.126. The highest BCUT2D eigenvalue weighted by Crippen LogP contribution is 2.27. The number of hydrazone groups is 1. The van der Waals surface area contributed by atoms with Crippen LogP contribution in [0.4, 0.5) is 10.1 Å². The molecule has 34 heavy (non-hydrogen) atoms. The fourth-order valence-electron chi connectivity index (χ4n) is 3.53. The molecule has 0 unspecified atom stereocenters. The van der Waals surface area contributed by atoms with E-state index in [-0.39, 0.29) is 37.2 Å². The lowest BCUT2D eigenvalue weighted by Gasteiger charge is -2.16. The third kappa shape index (κ3) is 5.73. The number of nitrogens with zero attached hydrogens (tertiary/aromatic N) is 2. The average Bonchev–Trinajstić information content (AvgIpc) is 3.21. The maximum Gasteiger partial charge on any atom is 0.245 e. The second-order valence-electron chi connectivity index (χ2n) is 7.68. The predicted octanol–water partition coefficient (Wildman–Crippen LogP) is 5.21. The number of carbonyl (C=O) groups excluding carboxylic acids is 2. The van der Waals surface area contributed by atoms with Crippen LogP contribution in [-0.4, -0.2) is 24.6 Å². The normalized spacial score (nSPS) is 15.7. The molecule has 1 heterocycles. The summed E-state index contributed by atoms with van der Waals surface area (Å²) in [6.07, 6.45) is 1.55. The first-order chi connectivity index (χ1) is 16.4. The van der Waals surface area contributed by atoms with Crippen LogP contribution in [0.15, 0.2) is 71.8 Å². The van der Waals surface area contributed by atoms with Crippen molar-refractivity contribution < 1.29 is 18.7 Å². The Labute approximate surface area is 205 Å². The van der Waals surface area contributed by atoms with Gasteiger partial charge in [0.1, 0.15) is 18.2 Å². The van der Waals surface area contributed by atoms with Crippen LogP contribution in [-0.2, 0) is 16.2 Å². The van der Waals surface area contributed by atoms with Crippen LogP contribution in [0, 0.1) is 11.7 Å². The number of halogens is 3. The highest BCUT2D eigenvalue weighted by molar-refractivity contribution is 6.35. The van der Waals surface area contributed by atoms with Crippen molar-refractivity contribution in [2.24, 2.45) is 11.0 Å². The monoisotopic (exact) mass is 499 g/mol. The van der Waals surface area contributed by atoms with Crippen LogP contribution < -0.4 is 15.1 Å². The fourth-order valence-corrected chi connectivity index (χ4v) is 4.03. The van der Waals surface area contributed by atoms with Crippen molar-refractivity contribution in [1.29, 1.82) is 0 Å². The Balaban J connectivity index is 1.32. The van der Waals surface area contributed by atoms with Gasteiger partial charge in [-0.25, -0.2) is 9.82 Å². The van der Waals surface area contributed by atoms with Crippen molar-refractivity contribution in [3.63, 3.8) is 0 Å². The number of hydrogen-bond acceptors (Lipinski definition) is 4. The molecule has 4 rings (SSSR count). The van der Waals surface area contributed by atoms with E-state index in [1.54, 1.807) is 42.5 Å². The number of benzene rings is 3. The molecule has 0 aliphatic carbocycles. The van der Waals surface area contributed by atoms with Crippen LogP contribution in [0.3, 0.4) is 0 Å². The summed E-state index contributed by atoms with van der Waals surface area (Å²) >= 11 is 12.3. The van der Waals surface area contributed by atoms with Gasteiger partial charge >= 0.3 is 0 Å². The minimum atomic E-state index is -0.551. The van der Waals surface area contributed by atoms with Crippen LogP contribution in [0.5, 0.6) is 5.75 Å². The first-order valence-electron chi connectivity index (χ1n) is 10.5. The van der Waals surface area contributed by atoms with Gasteiger partial charge in [0, 0.05) is 34.3 Å². The summed E-state index contributed by atoms with van der Waals surface area (Å²) in [5.74, 6) is -0.914. The van der Waals surface area contributed by atoms with Crippen LogP contribution >= 0.6 is 23.2 Å². The largest absolute Gasteiger partial charge is 0.489 e. The quantitative estimate of drug-likeness (QED) is 0.358. The van der Waals surface area contributed by atoms with E-state index in [1.807, 2.05) is 0 Å². The topological polar surface area (TPSA) is 71.0 Å². The number of ether oxygens (including phenoxy) is 1. The van der Waals surface area contributed by atoms with Crippen molar-refractivity contribution in [3.05, 3.63) is 93.7 Å². The number of amides is 2. The van der Waals surface area contributed by atoms with Gasteiger partial charge in [-0.15, -0.1) is 0 Å². The zero-order chi connectivity index (χ0) is 24.1. The summed E-state index contributed by atoms with van der Waals surface area (Å²) in [5.41, 5.74) is 4.44. The second-order valence-corrected chi connectivity index (χ2v) is 8.49. The molecule has 1 N–H and O–H groups in total. The van der Waals surface area contributed by atoms with E-state index in [0.717, 1.165) is 0 Å². The number of hydrogen-bond donors (Lipinski definition) is 1. The Bertz CT molecular complexity index is 1210. The van der Waals surface area contributed by atoms with Gasteiger partial charge in [-0.2, -0.15) is 5.10 Å². The Morgan fingerprint density at radius 3 is 2.56 bits per heavy atom. The van der Waals surface area contributed by atoms with Crippen LogP contribution in [0.1, 0.15) is 17.5 Å². The molecule has 1 saturated heterocycles. The maximum atomic E-state index is 13.1. The van der Waals surface area contributed by atoms with Gasteiger partial charge in [0.25, 0.3) is 0 Å². The molecular formula is C25H20Cl2FN3O3. The van der Waals surface area contributed by atoms with Gasteiger partial charge in [0.05, 0.1) is 12.1 Å². The molecule has 9 heteroatoms. The van der Waals surface area contributed by atoms with E-state index in [0.29, 0.717) is 32.6 Å². The molecule has 0 aromatic heterocycles. The van der Waals surface area contributed by atoms with E-state index >= 15 is 0 Å². The first kappa shape index (κ1) is 23.7. The fraction of sp³-hybridized carbons (Fsp3) is 0.160. The number of anilines is 1. The minimum absolute atomic E-state index is 0.0622. The van der Waals surface area contributed by atoms with Gasteiger partial charge in [-0.1, -0.05) is 41.4 Å². The SMILES string of the molecule is O=C(N/N=C\c1cccc(OCc2c(Cl)cccc2Cl)c1)[C@@H]1CC(=O)N(c2ccc(F)cc2)C1. The smallest absolute Gasteiger partial charge is 0.245 e. The highest BCUT2D eigenvalue weighted by atomic mass is 35.5. The molecular weight excluding hydrogens is 480 g/mol. The van der Waals surface area contributed by atoms with E-state index in [1.165, 1.54) is 35.4 Å². The lowest BCUT2D eigenvalue weighted by atomic mass is 10.1. The Morgan fingerprint density at radius 2 is 1.82 bits per heavy atom. The second kappa shape index (κ2) is 10.7. The van der Waals surface area contributed by atoms with E-state index < -0.39 is 5.92 Å².